The minimum Gasteiger partial charge on any atom is -0.376 e. The predicted octanol–water partition coefficient (Wildman–Crippen LogP) is 3.57. The van der Waals surface area contributed by atoms with Crippen molar-refractivity contribution < 1.29 is 22.8 Å². The van der Waals surface area contributed by atoms with Crippen molar-refractivity contribution in [2.24, 2.45) is 0 Å². The van der Waals surface area contributed by atoms with Gasteiger partial charge < -0.3 is 22.8 Å². The van der Waals surface area contributed by atoms with E-state index in [0.29, 0.717) is 32.5 Å². The summed E-state index contributed by atoms with van der Waals surface area (Å²) in [7, 11) is -2.73. The lowest BCUT2D eigenvalue weighted by atomic mass is 10.1. The van der Waals surface area contributed by atoms with E-state index in [1.807, 2.05) is 27.7 Å². The predicted molar refractivity (Wildman–Crippen MR) is 93.6 cm³/mol. The Morgan fingerprint density at radius 2 is 1.70 bits per heavy atom. The maximum Gasteiger partial charge on any atom is 0.504 e. The molecule has 0 N–H and O–H groups in total. The van der Waals surface area contributed by atoms with Crippen LogP contribution >= 0.6 is 0 Å². The fourth-order valence-electron chi connectivity index (χ4n) is 2.67. The highest BCUT2D eigenvalue weighted by molar-refractivity contribution is 6.62. The second-order valence-corrected chi connectivity index (χ2v) is 8.63. The van der Waals surface area contributed by atoms with Crippen molar-refractivity contribution >= 4 is 8.80 Å². The van der Waals surface area contributed by atoms with Gasteiger partial charge in [-0.2, -0.15) is 0 Å². The third kappa shape index (κ3) is 7.45. The first kappa shape index (κ1) is 20.8. The molecule has 1 heterocycles. The largest absolute Gasteiger partial charge is 0.504 e. The van der Waals surface area contributed by atoms with Crippen molar-refractivity contribution in [3.63, 3.8) is 0 Å². The Labute approximate surface area is 142 Å². The average molecular weight is 347 g/mol. The van der Waals surface area contributed by atoms with Crippen LogP contribution in [0.3, 0.4) is 0 Å². The summed E-state index contributed by atoms with van der Waals surface area (Å²) in [5.74, 6) is 0. The Kier molecular flexibility index (Phi) is 10.3. The molecule has 136 valence electrons. The van der Waals surface area contributed by atoms with E-state index in [2.05, 4.69) is 19.1 Å². The summed E-state index contributed by atoms with van der Waals surface area (Å²) in [5, 5.41) is 0. The summed E-state index contributed by atoms with van der Waals surface area (Å²) in [6.45, 7) is 13.4. The van der Waals surface area contributed by atoms with Gasteiger partial charge in [-0.1, -0.05) is 12.2 Å². The lowest BCUT2D eigenvalue weighted by molar-refractivity contribution is 0.0273. The fraction of sp³-hybridized carbons (Fsp3) is 0.882. The minimum atomic E-state index is -2.73. The molecule has 0 aliphatic carbocycles. The molecule has 0 aromatic carbocycles. The first-order valence-corrected chi connectivity index (χ1v) is 10.7. The van der Waals surface area contributed by atoms with Crippen LogP contribution in [0.2, 0.25) is 5.54 Å². The average Bonchev–Trinajstić information content (AvgIpc) is 3.34. The number of hydrogen-bond donors (Lipinski definition) is 0. The zero-order valence-electron chi connectivity index (χ0n) is 15.4. The summed E-state index contributed by atoms with van der Waals surface area (Å²) in [6.07, 6.45) is 6.40. The van der Waals surface area contributed by atoms with E-state index in [-0.39, 0.29) is 11.6 Å². The van der Waals surface area contributed by atoms with Crippen LogP contribution in [0.5, 0.6) is 0 Å². The monoisotopic (exact) mass is 346 g/mol. The van der Waals surface area contributed by atoms with Crippen LogP contribution < -0.4 is 0 Å². The second-order valence-electron chi connectivity index (χ2n) is 5.74. The summed E-state index contributed by atoms with van der Waals surface area (Å²) < 4.78 is 29.4. The molecule has 1 aliphatic rings. The summed E-state index contributed by atoms with van der Waals surface area (Å²) >= 11 is 0. The molecule has 1 rings (SSSR count). The molecule has 5 nitrogen and oxygen atoms in total. The van der Waals surface area contributed by atoms with Crippen LogP contribution in [-0.2, 0) is 22.8 Å². The highest BCUT2D eigenvalue weighted by Crippen LogP contribution is 2.34. The van der Waals surface area contributed by atoms with E-state index in [1.54, 1.807) is 0 Å². The van der Waals surface area contributed by atoms with Gasteiger partial charge in [-0.15, -0.1) is 0 Å². The van der Waals surface area contributed by atoms with E-state index in [4.69, 9.17) is 22.8 Å². The number of hydrogen-bond acceptors (Lipinski definition) is 5. The summed E-state index contributed by atoms with van der Waals surface area (Å²) in [5.41, 5.74) is 0.202. The van der Waals surface area contributed by atoms with Crippen molar-refractivity contribution in [3.8, 4) is 0 Å². The number of allylic oxidation sites excluding steroid dienone is 2. The molecule has 1 aliphatic heterocycles. The normalized spacial score (nSPS) is 20.8. The molecule has 0 spiro atoms. The van der Waals surface area contributed by atoms with Crippen LogP contribution in [-0.4, -0.2) is 54.0 Å². The lowest BCUT2D eigenvalue weighted by Crippen LogP contribution is -2.51. The van der Waals surface area contributed by atoms with Crippen LogP contribution in [0.15, 0.2) is 12.2 Å². The molecule has 3 atom stereocenters. The van der Waals surface area contributed by atoms with Crippen LogP contribution in [0.25, 0.3) is 0 Å². The van der Waals surface area contributed by atoms with Gasteiger partial charge >= 0.3 is 8.80 Å². The number of rotatable bonds is 14. The van der Waals surface area contributed by atoms with Gasteiger partial charge in [0, 0.05) is 25.4 Å². The van der Waals surface area contributed by atoms with E-state index < -0.39 is 8.80 Å². The van der Waals surface area contributed by atoms with Gasteiger partial charge in [0.1, 0.15) is 6.10 Å². The highest BCUT2D eigenvalue weighted by Gasteiger charge is 2.49. The third-order valence-corrected chi connectivity index (χ3v) is 7.32. The van der Waals surface area contributed by atoms with Gasteiger partial charge in [-0.05, 0) is 47.5 Å². The molecule has 0 aromatic heterocycles. The summed E-state index contributed by atoms with van der Waals surface area (Å²) in [4.78, 5) is 0. The van der Waals surface area contributed by atoms with Crippen molar-refractivity contribution in [3.05, 3.63) is 12.2 Å². The molecule has 0 radical (unpaired) electrons. The van der Waals surface area contributed by atoms with Gasteiger partial charge in [0.2, 0.25) is 0 Å². The quantitative estimate of drug-likeness (QED) is 0.273. The van der Waals surface area contributed by atoms with Crippen LogP contribution in [0.4, 0.5) is 0 Å². The molecule has 1 fully saturated rings. The molecule has 0 amide bonds. The first-order valence-electron chi connectivity index (χ1n) is 8.87. The Morgan fingerprint density at radius 1 is 1.13 bits per heavy atom. The Bertz CT molecular complexity index is 316. The van der Waals surface area contributed by atoms with E-state index in [1.165, 1.54) is 0 Å². The van der Waals surface area contributed by atoms with Gasteiger partial charge in [0.15, 0.2) is 0 Å². The molecular formula is C17H34O5Si. The Hall–Kier alpha value is -0.243. The zero-order valence-corrected chi connectivity index (χ0v) is 16.4. The molecular weight excluding hydrogens is 312 g/mol. The topological polar surface area (TPSA) is 49.5 Å². The smallest absolute Gasteiger partial charge is 0.376 e. The molecule has 1 saturated heterocycles. The molecule has 23 heavy (non-hydrogen) atoms. The molecule has 6 heteroatoms. The second kappa shape index (κ2) is 11.3. The molecule has 0 aromatic rings. The SMILES string of the molecule is CC=CCC(CC(C)OCC1CO1)[Si](OCC)(OCC)OCC. The van der Waals surface area contributed by atoms with Crippen molar-refractivity contribution in [2.75, 3.05) is 33.0 Å². The highest BCUT2D eigenvalue weighted by atomic mass is 28.4. The van der Waals surface area contributed by atoms with Crippen LogP contribution in [0, 0.1) is 0 Å². The molecule has 3 unspecified atom stereocenters. The number of epoxide rings is 1. The Morgan fingerprint density at radius 3 is 2.13 bits per heavy atom. The van der Waals surface area contributed by atoms with Crippen LogP contribution in [0.1, 0.15) is 47.5 Å². The van der Waals surface area contributed by atoms with Gasteiger partial charge in [0.25, 0.3) is 0 Å². The van der Waals surface area contributed by atoms with Gasteiger partial charge in [-0.3, -0.25) is 0 Å². The number of ether oxygens (including phenoxy) is 2. The maximum absolute atomic E-state index is 6.09. The zero-order chi connectivity index (χ0) is 17.1. The van der Waals surface area contributed by atoms with E-state index >= 15 is 0 Å². The molecule has 0 saturated carbocycles. The summed E-state index contributed by atoms with van der Waals surface area (Å²) in [6, 6.07) is 0. The first-order chi connectivity index (χ1) is 11.1. The fourth-order valence-corrected chi connectivity index (χ4v) is 5.88. The van der Waals surface area contributed by atoms with Gasteiger partial charge in [0.05, 0.1) is 19.3 Å². The standard InChI is InChI=1S/C17H34O5Si/c1-6-10-11-17(12-15(5)18-13-16-14-19-16)23(20-7-2,21-8-3)22-9-4/h6,10,15-17H,7-9,11-14H2,1-5H3. The van der Waals surface area contributed by atoms with Crippen molar-refractivity contribution in [1.29, 1.82) is 0 Å². The van der Waals surface area contributed by atoms with E-state index in [0.717, 1.165) is 19.4 Å². The van der Waals surface area contributed by atoms with Gasteiger partial charge in [-0.25, -0.2) is 0 Å². The minimum absolute atomic E-state index is 0.127. The van der Waals surface area contributed by atoms with Crippen molar-refractivity contribution in [1.82, 2.24) is 0 Å². The maximum atomic E-state index is 6.09. The van der Waals surface area contributed by atoms with Crippen molar-refractivity contribution in [2.45, 2.75) is 65.2 Å². The third-order valence-electron chi connectivity index (χ3n) is 3.78. The Balaban J connectivity index is 2.77. The van der Waals surface area contributed by atoms with E-state index in [9.17, 15) is 0 Å². The lowest BCUT2D eigenvalue weighted by Gasteiger charge is -2.36. The molecule has 0 bridgehead atoms.